The first-order chi connectivity index (χ1) is 10.3. The molecule has 0 saturated heterocycles. The Morgan fingerprint density at radius 1 is 1.10 bits per heavy atom. The van der Waals surface area contributed by atoms with Crippen molar-refractivity contribution in [1.29, 1.82) is 0 Å². The number of ether oxygens (including phenoxy) is 1. The van der Waals surface area contributed by atoms with Crippen molar-refractivity contribution in [3.8, 4) is 22.8 Å². The summed E-state index contributed by atoms with van der Waals surface area (Å²) in [5.74, 6) is 1.08. The molecule has 5 heteroatoms. The van der Waals surface area contributed by atoms with Crippen molar-refractivity contribution in [1.82, 2.24) is 10.2 Å². The zero-order valence-electron chi connectivity index (χ0n) is 11.1. The third-order valence-corrected chi connectivity index (χ3v) is 3.27. The van der Waals surface area contributed by atoms with Crippen molar-refractivity contribution in [2.75, 3.05) is 0 Å². The lowest BCUT2D eigenvalue weighted by Gasteiger charge is -2.07. The van der Waals surface area contributed by atoms with Crippen LogP contribution in [0.2, 0.25) is 5.02 Å². The summed E-state index contributed by atoms with van der Waals surface area (Å²) >= 11 is 5.95. The van der Waals surface area contributed by atoms with Gasteiger partial charge in [-0.1, -0.05) is 48.0 Å². The number of H-pyrrole nitrogens is 1. The maximum Gasteiger partial charge on any atom is 0.223 e. The molecule has 0 aliphatic carbocycles. The van der Waals surface area contributed by atoms with E-state index in [0.29, 0.717) is 22.3 Å². The molecule has 0 atom stereocenters. The summed E-state index contributed by atoms with van der Waals surface area (Å²) in [6.45, 7) is -0.167. The van der Waals surface area contributed by atoms with Gasteiger partial charge >= 0.3 is 0 Å². The van der Waals surface area contributed by atoms with Gasteiger partial charge in [-0.2, -0.15) is 5.10 Å². The monoisotopic (exact) mass is 300 g/mol. The van der Waals surface area contributed by atoms with E-state index in [0.717, 1.165) is 11.1 Å². The highest BCUT2D eigenvalue weighted by Gasteiger charge is 2.16. The highest BCUT2D eigenvalue weighted by Crippen LogP contribution is 2.34. The number of hydrogen-bond donors (Lipinski definition) is 2. The standard InChI is InChI=1S/C16H13ClN2O2/c17-12-7-4-8-13(9-12)21-16-15(14(10-20)18-19-16)11-5-2-1-3-6-11/h1-9,20H,10H2,(H,18,19). The van der Waals surface area contributed by atoms with Crippen molar-refractivity contribution in [2.24, 2.45) is 0 Å². The van der Waals surface area contributed by atoms with Gasteiger partial charge in [0.2, 0.25) is 5.88 Å². The molecule has 0 spiro atoms. The minimum absolute atomic E-state index is 0.167. The Balaban J connectivity index is 2.02. The molecule has 1 heterocycles. The highest BCUT2D eigenvalue weighted by atomic mass is 35.5. The number of aromatic nitrogens is 2. The van der Waals surface area contributed by atoms with Crippen molar-refractivity contribution in [3.05, 3.63) is 65.3 Å². The molecule has 0 bridgehead atoms. The molecule has 0 aliphatic rings. The van der Waals surface area contributed by atoms with E-state index in [1.54, 1.807) is 18.2 Å². The van der Waals surface area contributed by atoms with E-state index in [4.69, 9.17) is 16.3 Å². The fraction of sp³-hybridized carbons (Fsp3) is 0.0625. The molecule has 106 valence electrons. The topological polar surface area (TPSA) is 58.1 Å². The van der Waals surface area contributed by atoms with Gasteiger partial charge in [0.25, 0.3) is 0 Å². The molecular formula is C16H13ClN2O2. The molecule has 1 aromatic heterocycles. The van der Waals surface area contributed by atoms with Crippen LogP contribution < -0.4 is 4.74 Å². The molecule has 21 heavy (non-hydrogen) atoms. The Morgan fingerprint density at radius 2 is 1.90 bits per heavy atom. The van der Waals surface area contributed by atoms with Crippen LogP contribution in [0.15, 0.2) is 54.6 Å². The van der Waals surface area contributed by atoms with Crippen molar-refractivity contribution in [3.63, 3.8) is 0 Å². The summed E-state index contributed by atoms with van der Waals surface area (Å²) in [6, 6.07) is 16.8. The zero-order chi connectivity index (χ0) is 14.7. The van der Waals surface area contributed by atoms with E-state index in [-0.39, 0.29) is 6.61 Å². The van der Waals surface area contributed by atoms with Gasteiger partial charge in [-0.3, -0.25) is 0 Å². The molecule has 0 saturated carbocycles. The van der Waals surface area contributed by atoms with Crippen LogP contribution >= 0.6 is 11.6 Å². The Labute approximate surface area is 127 Å². The smallest absolute Gasteiger partial charge is 0.223 e. The van der Waals surface area contributed by atoms with Gasteiger partial charge in [-0.25, -0.2) is 5.10 Å². The lowest BCUT2D eigenvalue weighted by molar-refractivity contribution is 0.277. The minimum atomic E-state index is -0.167. The van der Waals surface area contributed by atoms with E-state index in [2.05, 4.69) is 10.2 Å². The number of halogens is 1. The van der Waals surface area contributed by atoms with Crippen molar-refractivity contribution in [2.45, 2.75) is 6.61 Å². The van der Waals surface area contributed by atoms with Crippen LogP contribution in [0.25, 0.3) is 11.1 Å². The van der Waals surface area contributed by atoms with Gasteiger partial charge in [0.05, 0.1) is 17.9 Å². The van der Waals surface area contributed by atoms with Crippen LogP contribution in [-0.4, -0.2) is 15.3 Å². The van der Waals surface area contributed by atoms with Crippen molar-refractivity contribution < 1.29 is 9.84 Å². The number of aliphatic hydroxyl groups is 1. The number of aliphatic hydroxyl groups excluding tert-OH is 1. The third-order valence-electron chi connectivity index (χ3n) is 3.04. The minimum Gasteiger partial charge on any atom is -0.439 e. The third kappa shape index (κ3) is 2.91. The summed E-state index contributed by atoms with van der Waals surface area (Å²) in [5, 5.41) is 17.0. The summed E-state index contributed by atoms with van der Waals surface area (Å²) in [6.07, 6.45) is 0. The molecule has 4 nitrogen and oxygen atoms in total. The van der Waals surface area contributed by atoms with Crippen LogP contribution in [-0.2, 0) is 6.61 Å². The fourth-order valence-electron chi connectivity index (χ4n) is 2.10. The highest BCUT2D eigenvalue weighted by molar-refractivity contribution is 6.30. The Morgan fingerprint density at radius 3 is 2.62 bits per heavy atom. The van der Waals surface area contributed by atoms with Crippen molar-refractivity contribution >= 4 is 11.6 Å². The summed E-state index contributed by atoms with van der Waals surface area (Å²) in [4.78, 5) is 0. The second-order valence-corrected chi connectivity index (χ2v) is 4.89. The lowest BCUT2D eigenvalue weighted by atomic mass is 10.1. The van der Waals surface area contributed by atoms with E-state index < -0.39 is 0 Å². The molecule has 2 aromatic carbocycles. The van der Waals surface area contributed by atoms with Gasteiger partial charge in [0.1, 0.15) is 5.75 Å². The van der Waals surface area contributed by atoms with Gasteiger partial charge in [-0.05, 0) is 23.8 Å². The molecular weight excluding hydrogens is 288 g/mol. The van der Waals surface area contributed by atoms with Gasteiger partial charge < -0.3 is 9.84 Å². The number of benzene rings is 2. The van der Waals surface area contributed by atoms with Gasteiger partial charge in [0, 0.05) is 5.02 Å². The van der Waals surface area contributed by atoms with Crippen LogP contribution in [0.1, 0.15) is 5.69 Å². The first-order valence-corrected chi connectivity index (χ1v) is 6.82. The Bertz CT molecular complexity index is 741. The van der Waals surface area contributed by atoms with E-state index in [1.165, 1.54) is 0 Å². The molecule has 0 radical (unpaired) electrons. The van der Waals surface area contributed by atoms with E-state index in [9.17, 15) is 5.11 Å². The fourth-order valence-corrected chi connectivity index (χ4v) is 2.28. The first-order valence-electron chi connectivity index (χ1n) is 6.45. The van der Waals surface area contributed by atoms with Crippen LogP contribution in [0.3, 0.4) is 0 Å². The molecule has 3 aromatic rings. The molecule has 0 unspecified atom stereocenters. The average molecular weight is 301 g/mol. The Hall–Kier alpha value is -2.30. The van der Waals surface area contributed by atoms with E-state index >= 15 is 0 Å². The number of nitrogens with one attached hydrogen (secondary N) is 1. The maximum absolute atomic E-state index is 9.44. The van der Waals surface area contributed by atoms with Crippen LogP contribution in [0.4, 0.5) is 0 Å². The average Bonchev–Trinajstić information content (AvgIpc) is 2.91. The SMILES string of the molecule is OCc1n[nH]c(Oc2cccc(Cl)c2)c1-c1ccccc1. The number of aromatic amines is 1. The normalized spacial score (nSPS) is 10.6. The summed E-state index contributed by atoms with van der Waals surface area (Å²) < 4.78 is 5.81. The largest absolute Gasteiger partial charge is 0.439 e. The zero-order valence-corrected chi connectivity index (χ0v) is 11.8. The number of hydrogen-bond acceptors (Lipinski definition) is 3. The second-order valence-electron chi connectivity index (χ2n) is 4.46. The summed E-state index contributed by atoms with van der Waals surface area (Å²) in [5.41, 5.74) is 2.21. The maximum atomic E-state index is 9.44. The van der Waals surface area contributed by atoms with Gasteiger partial charge in [-0.15, -0.1) is 0 Å². The quantitative estimate of drug-likeness (QED) is 0.765. The van der Waals surface area contributed by atoms with E-state index in [1.807, 2.05) is 36.4 Å². The molecule has 2 N–H and O–H groups in total. The predicted octanol–water partition coefficient (Wildman–Crippen LogP) is 4.01. The van der Waals surface area contributed by atoms with Crippen LogP contribution in [0.5, 0.6) is 11.6 Å². The lowest BCUT2D eigenvalue weighted by Crippen LogP contribution is -1.89. The molecule has 0 aliphatic heterocycles. The predicted molar refractivity (Wildman–Crippen MR) is 81.5 cm³/mol. The molecule has 3 rings (SSSR count). The summed E-state index contributed by atoms with van der Waals surface area (Å²) in [7, 11) is 0. The molecule has 0 amide bonds. The van der Waals surface area contributed by atoms with Gasteiger partial charge in [0.15, 0.2) is 0 Å². The number of rotatable bonds is 4. The molecule has 0 fully saturated rings. The number of nitrogens with zero attached hydrogens (tertiary/aromatic N) is 1. The second kappa shape index (κ2) is 5.99. The Kier molecular flexibility index (Phi) is 3.90. The first kappa shape index (κ1) is 13.7. The van der Waals surface area contributed by atoms with Crippen LogP contribution in [0, 0.1) is 0 Å².